The first-order valence-electron chi connectivity index (χ1n) is 5.35. The lowest BCUT2D eigenvalue weighted by molar-refractivity contribution is 0.624. The third kappa shape index (κ3) is 3.41. The van der Waals surface area contributed by atoms with Gasteiger partial charge in [0.1, 0.15) is 5.82 Å². The van der Waals surface area contributed by atoms with E-state index in [2.05, 4.69) is 0 Å². The minimum Gasteiger partial charge on any atom is -0.398 e. The summed E-state index contributed by atoms with van der Waals surface area (Å²) in [6, 6.07) is 9.38. The molecule has 0 unspecified atom stereocenters. The largest absolute Gasteiger partial charge is 0.398 e. The average molecular weight is 317 g/mol. The summed E-state index contributed by atoms with van der Waals surface area (Å²) in [5.41, 5.74) is 7.18. The van der Waals surface area contributed by atoms with Gasteiger partial charge in [-0.2, -0.15) is 0 Å². The Hall–Kier alpha value is -1.22. The van der Waals surface area contributed by atoms with Crippen molar-refractivity contribution < 1.29 is 4.39 Å². The van der Waals surface area contributed by atoms with Crippen LogP contribution in [0.1, 0.15) is 11.1 Å². The lowest BCUT2D eigenvalue weighted by Crippen LogP contribution is -1.99. The second-order valence-electron chi connectivity index (χ2n) is 3.90. The van der Waals surface area contributed by atoms with E-state index in [0.717, 1.165) is 5.56 Å². The summed E-state index contributed by atoms with van der Waals surface area (Å²) in [5.74, 6) is -0.471. The van der Waals surface area contributed by atoms with E-state index in [0.29, 0.717) is 15.1 Å². The summed E-state index contributed by atoms with van der Waals surface area (Å²) in [7, 11) is 0. The van der Waals surface area contributed by atoms with Crippen LogP contribution in [-0.4, -0.2) is 0 Å². The van der Waals surface area contributed by atoms with E-state index < -0.39 is 5.82 Å². The normalized spacial score (nSPS) is 11.7. The number of hydrogen-bond donors (Lipinski definition) is 1. The molecule has 0 aliphatic rings. The molecule has 0 aliphatic carbocycles. The van der Waals surface area contributed by atoms with Gasteiger partial charge in [0, 0.05) is 16.3 Å². The molecule has 2 aromatic carbocycles. The molecule has 0 bridgehead atoms. The zero-order valence-corrected chi connectivity index (χ0v) is 11.9. The summed E-state index contributed by atoms with van der Waals surface area (Å²) < 4.78 is 13.7. The van der Waals surface area contributed by atoms with Crippen LogP contribution in [0.25, 0.3) is 11.8 Å². The second-order valence-corrected chi connectivity index (χ2v) is 5.15. The van der Waals surface area contributed by atoms with E-state index in [9.17, 15) is 4.39 Å². The van der Waals surface area contributed by atoms with Gasteiger partial charge in [-0.15, -0.1) is 0 Å². The second kappa shape index (κ2) is 5.83. The number of nitrogens with two attached hydrogens (primary N) is 1. The van der Waals surface area contributed by atoms with E-state index in [4.69, 9.17) is 40.5 Å². The van der Waals surface area contributed by atoms with Crippen molar-refractivity contribution in [2.75, 3.05) is 0 Å². The molecular weight excluding hydrogens is 308 g/mol. The fourth-order valence-corrected chi connectivity index (χ4v) is 2.05. The van der Waals surface area contributed by atoms with Crippen LogP contribution >= 0.6 is 34.8 Å². The van der Waals surface area contributed by atoms with Gasteiger partial charge < -0.3 is 5.73 Å². The SMILES string of the molecule is N/C(=C\c1ccc(Cl)c(Cl)c1)c1ccc(Cl)cc1F. The van der Waals surface area contributed by atoms with Crippen LogP contribution in [0.2, 0.25) is 15.1 Å². The molecule has 0 amide bonds. The third-order valence-electron chi connectivity index (χ3n) is 2.51. The summed E-state index contributed by atoms with van der Waals surface area (Å²) >= 11 is 17.4. The number of rotatable bonds is 2. The molecule has 2 rings (SSSR count). The Morgan fingerprint density at radius 2 is 1.74 bits per heavy atom. The lowest BCUT2D eigenvalue weighted by atomic mass is 10.1. The highest BCUT2D eigenvalue weighted by Gasteiger charge is 2.06. The Morgan fingerprint density at radius 1 is 1.00 bits per heavy atom. The van der Waals surface area contributed by atoms with Crippen LogP contribution in [0.5, 0.6) is 0 Å². The van der Waals surface area contributed by atoms with Crippen molar-refractivity contribution in [3.05, 3.63) is 68.4 Å². The topological polar surface area (TPSA) is 26.0 Å². The first-order chi connectivity index (χ1) is 8.97. The van der Waals surface area contributed by atoms with Gasteiger partial charge in [0.15, 0.2) is 0 Å². The molecule has 2 aromatic rings. The van der Waals surface area contributed by atoms with Gasteiger partial charge in [0.25, 0.3) is 0 Å². The van der Waals surface area contributed by atoms with Crippen LogP contribution in [0, 0.1) is 5.82 Å². The molecule has 2 N–H and O–H groups in total. The van der Waals surface area contributed by atoms with Crippen LogP contribution in [0.3, 0.4) is 0 Å². The van der Waals surface area contributed by atoms with E-state index in [1.165, 1.54) is 12.1 Å². The zero-order chi connectivity index (χ0) is 14.0. The molecular formula is C14H9Cl3FN. The maximum Gasteiger partial charge on any atom is 0.133 e. The minimum atomic E-state index is -0.471. The maximum atomic E-state index is 13.7. The zero-order valence-electron chi connectivity index (χ0n) is 9.63. The molecule has 0 saturated carbocycles. The fourth-order valence-electron chi connectivity index (χ4n) is 1.58. The molecule has 19 heavy (non-hydrogen) atoms. The Labute approximate surface area is 125 Å². The van der Waals surface area contributed by atoms with Gasteiger partial charge in [-0.1, -0.05) is 40.9 Å². The fraction of sp³-hybridized carbons (Fsp3) is 0. The Balaban J connectivity index is 2.39. The van der Waals surface area contributed by atoms with Gasteiger partial charge in [-0.25, -0.2) is 4.39 Å². The first kappa shape index (κ1) is 14.2. The van der Waals surface area contributed by atoms with Crippen molar-refractivity contribution in [1.82, 2.24) is 0 Å². The van der Waals surface area contributed by atoms with Crippen molar-refractivity contribution >= 4 is 46.6 Å². The van der Waals surface area contributed by atoms with Crippen molar-refractivity contribution in [3.63, 3.8) is 0 Å². The van der Waals surface area contributed by atoms with E-state index in [-0.39, 0.29) is 11.3 Å². The molecule has 0 heterocycles. The molecule has 0 aliphatic heterocycles. The predicted octanol–water partition coefficient (Wildman–Crippen LogP) is 5.24. The summed E-state index contributed by atoms with van der Waals surface area (Å²) in [6.45, 7) is 0. The Morgan fingerprint density at radius 3 is 2.37 bits per heavy atom. The summed E-state index contributed by atoms with van der Waals surface area (Å²) in [5, 5.41) is 1.19. The molecule has 0 aromatic heterocycles. The van der Waals surface area contributed by atoms with Crippen molar-refractivity contribution in [2.45, 2.75) is 0 Å². The van der Waals surface area contributed by atoms with Crippen molar-refractivity contribution in [1.29, 1.82) is 0 Å². The Bertz CT molecular complexity index is 653. The molecule has 0 atom stereocenters. The summed E-state index contributed by atoms with van der Waals surface area (Å²) in [6.07, 6.45) is 1.62. The molecule has 5 heteroatoms. The van der Waals surface area contributed by atoms with Crippen molar-refractivity contribution in [2.24, 2.45) is 5.73 Å². The third-order valence-corrected chi connectivity index (χ3v) is 3.48. The van der Waals surface area contributed by atoms with Gasteiger partial charge in [0.05, 0.1) is 10.0 Å². The predicted molar refractivity (Wildman–Crippen MR) is 79.9 cm³/mol. The van der Waals surface area contributed by atoms with Gasteiger partial charge in [-0.05, 0) is 42.0 Å². The van der Waals surface area contributed by atoms with Crippen LogP contribution in [0.4, 0.5) is 4.39 Å². The van der Waals surface area contributed by atoms with Crippen LogP contribution in [0.15, 0.2) is 36.4 Å². The first-order valence-corrected chi connectivity index (χ1v) is 6.48. The minimum absolute atomic E-state index is 0.285. The highest BCUT2D eigenvalue weighted by atomic mass is 35.5. The van der Waals surface area contributed by atoms with Crippen LogP contribution < -0.4 is 5.73 Å². The maximum absolute atomic E-state index is 13.7. The van der Waals surface area contributed by atoms with Crippen LogP contribution in [-0.2, 0) is 0 Å². The van der Waals surface area contributed by atoms with Gasteiger partial charge in [0.2, 0.25) is 0 Å². The van der Waals surface area contributed by atoms with Gasteiger partial charge in [-0.3, -0.25) is 0 Å². The molecule has 0 fully saturated rings. The highest BCUT2D eigenvalue weighted by molar-refractivity contribution is 6.42. The number of hydrogen-bond acceptors (Lipinski definition) is 1. The Kier molecular flexibility index (Phi) is 4.35. The molecule has 0 saturated heterocycles. The smallest absolute Gasteiger partial charge is 0.133 e. The molecule has 1 nitrogen and oxygen atoms in total. The summed E-state index contributed by atoms with van der Waals surface area (Å²) in [4.78, 5) is 0. The number of halogens is 4. The molecule has 0 spiro atoms. The highest BCUT2D eigenvalue weighted by Crippen LogP contribution is 2.25. The molecule has 0 radical (unpaired) electrons. The monoisotopic (exact) mass is 315 g/mol. The molecule has 98 valence electrons. The lowest BCUT2D eigenvalue weighted by Gasteiger charge is -2.05. The van der Waals surface area contributed by atoms with E-state index in [1.54, 1.807) is 30.3 Å². The van der Waals surface area contributed by atoms with E-state index >= 15 is 0 Å². The number of benzene rings is 2. The van der Waals surface area contributed by atoms with Gasteiger partial charge >= 0.3 is 0 Å². The van der Waals surface area contributed by atoms with Crippen molar-refractivity contribution in [3.8, 4) is 0 Å². The average Bonchev–Trinajstić information content (AvgIpc) is 2.33. The quantitative estimate of drug-likeness (QED) is 0.753. The van der Waals surface area contributed by atoms with E-state index in [1.807, 2.05) is 0 Å². The standard InChI is InChI=1S/C14H9Cl3FN/c15-9-2-3-10(13(18)7-9)14(19)6-8-1-4-11(16)12(17)5-8/h1-7H,19H2/b14-6-.